The number of aromatic nitrogens is 2. The van der Waals surface area contributed by atoms with Crippen molar-refractivity contribution >= 4 is 11.8 Å². The number of methoxy groups -OCH3 is 1. The van der Waals surface area contributed by atoms with Gasteiger partial charge in [0.1, 0.15) is 5.69 Å². The van der Waals surface area contributed by atoms with Crippen LogP contribution in [0.3, 0.4) is 0 Å². The standard InChI is InChI=1S/C12H16N4O4/c1-20-7-6-16-11(18)3-2-9(14-16)12(19)15-5-4-13-10(17)8-15/h2-3H,4-8H2,1H3,(H,13,17). The lowest BCUT2D eigenvalue weighted by Crippen LogP contribution is -2.50. The van der Waals surface area contributed by atoms with Crippen LogP contribution >= 0.6 is 0 Å². The molecule has 1 N–H and O–H groups in total. The molecule has 20 heavy (non-hydrogen) atoms. The molecule has 2 rings (SSSR count). The van der Waals surface area contributed by atoms with Gasteiger partial charge >= 0.3 is 0 Å². The van der Waals surface area contributed by atoms with E-state index in [0.29, 0.717) is 19.7 Å². The lowest BCUT2D eigenvalue weighted by Gasteiger charge is -2.26. The molecule has 1 aliphatic heterocycles. The first kappa shape index (κ1) is 14.2. The summed E-state index contributed by atoms with van der Waals surface area (Å²) in [6.07, 6.45) is 0. The highest BCUT2D eigenvalue weighted by Crippen LogP contribution is 2.02. The Hall–Kier alpha value is -2.22. The summed E-state index contributed by atoms with van der Waals surface area (Å²) in [7, 11) is 1.52. The van der Waals surface area contributed by atoms with Gasteiger partial charge in [0.15, 0.2) is 0 Å². The van der Waals surface area contributed by atoms with Gasteiger partial charge in [-0.25, -0.2) is 4.68 Å². The Morgan fingerprint density at radius 3 is 2.95 bits per heavy atom. The van der Waals surface area contributed by atoms with Crippen LogP contribution in [0.1, 0.15) is 10.5 Å². The SMILES string of the molecule is COCCn1nc(C(=O)N2CCNC(=O)C2)ccc1=O. The van der Waals surface area contributed by atoms with Gasteiger partial charge in [-0.2, -0.15) is 5.10 Å². The molecule has 0 unspecified atom stereocenters. The molecule has 0 spiro atoms. The van der Waals surface area contributed by atoms with Crippen LogP contribution in [0, 0.1) is 0 Å². The molecular formula is C12H16N4O4. The second kappa shape index (κ2) is 6.29. The third kappa shape index (κ3) is 3.21. The third-order valence-corrected chi connectivity index (χ3v) is 2.92. The highest BCUT2D eigenvalue weighted by atomic mass is 16.5. The van der Waals surface area contributed by atoms with Crippen LogP contribution in [-0.4, -0.2) is 59.8 Å². The smallest absolute Gasteiger partial charge is 0.274 e. The first-order chi connectivity index (χ1) is 9.61. The quantitative estimate of drug-likeness (QED) is 0.721. The first-order valence-corrected chi connectivity index (χ1v) is 6.25. The van der Waals surface area contributed by atoms with Crippen molar-refractivity contribution in [2.24, 2.45) is 0 Å². The van der Waals surface area contributed by atoms with E-state index in [0.717, 1.165) is 0 Å². The van der Waals surface area contributed by atoms with E-state index in [1.54, 1.807) is 0 Å². The van der Waals surface area contributed by atoms with Crippen molar-refractivity contribution in [1.29, 1.82) is 0 Å². The van der Waals surface area contributed by atoms with Gasteiger partial charge in [0.2, 0.25) is 5.91 Å². The van der Waals surface area contributed by atoms with Gasteiger partial charge in [-0.15, -0.1) is 0 Å². The zero-order chi connectivity index (χ0) is 14.5. The van der Waals surface area contributed by atoms with Crippen molar-refractivity contribution in [3.63, 3.8) is 0 Å². The van der Waals surface area contributed by atoms with Gasteiger partial charge in [-0.05, 0) is 6.07 Å². The molecule has 108 valence electrons. The number of hydrogen-bond donors (Lipinski definition) is 1. The number of hydrogen-bond acceptors (Lipinski definition) is 5. The molecule has 2 heterocycles. The molecule has 0 aromatic carbocycles. The highest BCUT2D eigenvalue weighted by Gasteiger charge is 2.23. The van der Waals surface area contributed by atoms with Gasteiger partial charge in [0, 0.05) is 26.3 Å². The summed E-state index contributed by atoms with van der Waals surface area (Å²) in [5.74, 6) is -0.552. The molecule has 1 saturated heterocycles. The van der Waals surface area contributed by atoms with Crippen molar-refractivity contribution in [2.75, 3.05) is 33.4 Å². The topological polar surface area (TPSA) is 93.5 Å². The third-order valence-electron chi connectivity index (χ3n) is 2.92. The second-order valence-corrected chi connectivity index (χ2v) is 4.35. The van der Waals surface area contributed by atoms with E-state index < -0.39 is 0 Å². The summed E-state index contributed by atoms with van der Waals surface area (Å²) in [5.41, 5.74) is -0.148. The van der Waals surface area contributed by atoms with Gasteiger partial charge in [-0.1, -0.05) is 0 Å². The average molecular weight is 280 g/mol. The molecule has 0 saturated carbocycles. The Bertz CT molecular complexity index is 569. The molecule has 8 heteroatoms. The summed E-state index contributed by atoms with van der Waals surface area (Å²) >= 11 is 0. The molecule has 1 aromatic heterocycles. The summed E-state index contributed by atoms with van der Waals surface area (Å²) < 4.78 is 6.06. The van der Waals surface area contributed by atoms with Crippen LogP contribution in [0.25, 0.3) is 0 Å². The Labute approximate surface area is 115 Å². The molecule has 0 atom stereocenters. The van der Waals surface area contributed by atoms with Gasteiger partial charge in [-0.3, -0.25) is 14.4 Å². The van der Waals surface area contributed by atoms with Crippen LogP contribution in [0.2, 0.25) is 0 Å². The molecule has 1 aromatic rings. The Kier molecular flexibility index (Phi) is 4.46. The predicted octanol–water partition coefficient (Wildman–Crippen LogP) is -1.54. The number of amides is 2. The zero-order valence-electron chi connectivity index (χ0n) is 11.2. The summed E-state index contributed by atoms with van der Waals surface area (Å²) in [6.45, 7) is 1.47. The molecule has 1 aliphatic rings. The van der Waals surface area contributed by atoms with Crippen molar-refractivity contribution in [3.8, 4) is 0 Å². The Morgan fingerprint density at radius 2 is 2.25 bits per heavy atom. The molecular weight excluding hydrogens is 264 g/mol. The highest BCUT2D eigenvalue weighted by molar-refractivity contribution is 5.95. The van der Waals surface area contributed by atoms with Crippen molar-refractivity contribution in [2.45, 2.75) is 6.54 Å². The summed E-state index contributed by atoms with van der Waals surface area (Å²) in [4.78, 5) is 36.5. The fourth-order valence-corrected chi connectivity index (χ4v) is 1.87. The van der Waals surface area contributed by atoms with E-state index in [-0.39, 0.29) is 36.2 Å². The van der Waals surface area contributed by atoms with Gasteiger partial charge in [0.25, 0.3) is 11.5 Å². The molecule has 0 aliphatic carbocycles. The van der Waals surface area contributed by atoms with Crippen LogP contribution < -0.4 is 10.9 Å². The maximum atomic E-state index is 12.2. The molecule has 0 bridgehead atoms. The maximum Gasteiger partial charge on any atom is 0.274 e. The van der Waals surface area contributed by atoms with E-state index in [1.807, 2.05) is 0 Å². The summed E-state index contributed by atoms with van der Waals surface area (Å²) in [5, 5.41) is 6.65. The molecule has 2 amide bonds. The number of carbonyl (C=O) groups is 2. The van der Waals surface area contributed by atoms with Gasteiger partial charge in [0.05, 0.1) is 19.7 Å². The minimum atomic E-state index is -0.356. The number of piperazine rings is 1. The Balaban J connectivity index is 2.17. The van der Waals surface area contributed by atoms with E-state index in [1.165, 1.54) is 28.8 Å². The van der Waals surface area contributed by atoms with Crippen molar-refractivity contribution in [3.05, 3.63) is 28.2 Å². The predicted molar refractivity (Wildman–Crippen MR) is 69.3 cm³/mol. The lowest BCUT2D eigenvalue weighted by molar-refractivity contribution is -0.123. The minimum Gasteiger partial charge on any atom is -0.383 e. The maximum absolute atomic E-state index is 12.2. The van der Waals surface area contributed by atoms with Crippen LogP contribution in [0.5, 0.6) is 0 Å². The minimum absolute atomic E-state index is 0.0116. The normalized spacial score (nSPS) is 15.1. The van der Waals surface area contributed by atoms with E-state index in [9.17, 15) is 14.4 Å². The van der Waals surface area contributed by atoms with Crippen molar-refractivity contribution < 1.29 is 14.3 Å². The summed E-state index contributed by atoms with van der Waals surface area (Å²) in [6, 6.07) is 2.67. The van der Waals surface area contributed by atoms with Gasteiger partial charge < -0.3 is 15.0 Å². The number of nitrogens with one attached hydrogen (secondary N) is 1. The second-order valence-electron chi connectivity index (χ2n) is 4.35. The average Bonchev–Trinajstić information content (AvgIpc) is 2.45. The lowest BCUT2D eigenvalue weighted by atomic mass is 10.3. The number of ether oxygens (including phenoxy) is 1. The van der Waals surface area contributed by atoms with E-state index in [2.05, 4.69) is 10.4 Å². The fourth-order valence-electron chi connectivity index (χ4n) is 1.87. The van der Waals surface area contributed by atoms with E-state index in [4.69, 9.17) is 4.74 Å². The van der Waals surface area contributed by atoms with E-state index >= 15 is 0 Å². The Morgan fingerprint density at radius 1 is 1.45 bits per heavy atom. The van der Waals surface area contributed by atoms with Crippen LogP contribution in [-0.2, 0) is 16.1 Å². The first-order valence-electron chi connectivity index (χ1n) is 6.25. The molecule has 0 radical (unpaired) electrons. The number of carbonyl (C=O) groups excluding carboxylic acids is 2. The van der Waals surface area contributed by atoms with Crippen LogP contribution in [0.4, 0.5) is 0 Å². The largest absolute Gasteiger partial charge is 0.383 e. The fraction of sp³-hybridized carbons (Fsp3) is 0.500. The number of nitrogens with zero attached hydrogens (tertiary/aromatic N) is 3. The molecule has 1 fully saturated rings. The van der Waals surface area contributed by atoms with Crippen molar-refractivity contribution in [1.82, 2.24) is 20.0 Å². The van der Waals surface area contributed by atoms with Crippen LogP contribution in [0.15, 0.2) is 16.9 Å². The monoisotopic (exact) mass is 280 g/mol. The molecule has 8 nitrogen and oxygen atoms in total. The zero-order valence-corrected chi connectivity index (χ0v) is 11.2. The number of rotatable bonds is 4.